The van der Waals surface area contributed by atoms with Gasteiger partial charge in [0.1, 0.15) is 0 Å². The highest BCUT2D eigenvalue weighted by Crippen LogP contribution is 2.14. The van der Waals surface area contributed by atoms with Crippen LogP contribution in [0.4, 0.5) is 0 Å². The monoisotopic (exact) mass is 366 g/mol. The van der Waals surface area contributed by atoms with Gasteiger partial charge in [0.2, 0.25) is 0 Å². The Hall–Kier alpha value is -1.64. The van der Waals surface area contributed by atoms with E-state index in [0.717, 1.165) is 26.2 Å². The second kappa shape index (κ2) is 13.5. The Labute approximate surface area is 166 Å². The molecule has 2 atom stereocenters. The van der Waals surface area contributed by atoms with E-state index >= 15 is 0 Å². The fourth-order valence-corrected chi connectivity index (χ4v) is 3.47. The van der Waals surface area contributed by atoms with E-state index in [1.54, 1.807) is 0 Å². The van der Waals surface area contributed by atoms with Crippen molar-refractivity contribution in [2.24, 2.45) is 0 Å². The summed E-state index contributed by atoms with van der Waals surface area (Å²) < 4.78 is 0. The van der Waals surface area contributed by atoms with E-state index in [9.17, 15) is 0 Å². The molecule has 148 valence electrons. The minimum atomic E-state index is 0.593. The van der Waals surface area contributed by atoms with Gasteiger partial charge in [0.15, 0.2) is 0 Å². The van der Waals surface area contributed by atoms with Crippen LogP contribution in [0.2, 0.25) is 0 Å². The zero-order valence-corrected chi connectivity index (χ0v) is 17.3. The minimum absolute atomic E-state index is 0.593. The molecule has 0 aromatic heterocycles. The maximum absolute atomic E-state index is 3.61. The highest BCUT2D eigenvalue weighted by molar-refractivity contribution is 5.19. The summed E-state index contributed by atoms with van der Waals surface area (Å²) >= 11 is 0. The molecule has 0 aliphatic rings. The first-order chi connectivity index (χ1) is 13.3. The average Bonchev–Trinajstić information content (AvgIpc) is 2.73. The molecule has 0 heterocycles. The smallest absolute Gasteiger partial charge is 0.00174 e. The van der Waals surface area contributed by atoms with Gasteiger partial charge in [-0.15, -0.1) is 0 Å². The molecule has 0 saturated heterocycles. The SMILES string of the molecule is C[C@H](CNCCCCCCCNC[C@H](C)c1ccccc1)c1ccccc1. The summed E-state index contributed by atoms with van der Waals surface area (Å²) in [5, 5.41) is 7.22. The molecule has 2 aromatic rings. The van der Waals surface area contributed by atoms with Crippen LogP contribution in [-0.4, -0.2) is 26.2 Å². The molecule has 27 heavy (non-hydrogen) atoms. The molecule has 0 bridgehead atoms. The quantitative estimate of drug-likeness (QED) is 0.418. The summed E-state index contributed by atoms with van der Waals surface area (Å²) in [4.78, 5) is 0. The van der Waals surface area contributed by atoms with E-state index in [4.69, 9.17) is 0 Å². The molecule has 0 aliphatic heterocycles. The first-order valence-electron chi connectivity index (χ1n) is 10.8. The predicted molar refractivity (Wildman–Crippen MR) is 119 cm³/mol. The Balaban J connectivity index is 1.38. The lowest BCUT2D eigenvalue weighted by atomic mass is 10.0. The Morgan fingerprint density at radius 3 is 1.33 bits per heavy atom. The van der Waals surface area contributed by atoms with Gasteiger partial charge in [-0.1, -0.05) is 93.8 Å². The maximum Gasteiger partial charge on any atom is 0.00174 e. The van der Waals surface area contributed by atoms with Crippen LogP contribution in [0.1, 0.15) is 68.9 Å². The van der Waals surface area contributed by atoms with E-state index in [-0.39, 0.29) is 0 Å². The summed E-state index contributed by atoms with van der Waals surface area (Å²) in [7, 11) is 0. The Morgan fingerprint density at radius 2 is 0.926 bits per heavy atom. The molecule has 0 spiro atoms. The number of nitrogens with one attached hydrogen (secondary N) is 2. The molecule has 0 aliphatic carbocycles. The van der Waals surface area contributed by atoms with Gasteiger partial charge in [-0.25, -0.2) is 0 Å². The van der Waals surface area contributed by atoms with E-state index in [0.29, 0.717) is 11.8 Å². The third-order valence-corrected chi connectivity index (χ3v) is 5.35. The van der Waals surface area contributed by atoms with Gasteiger partial charge in [-0.2, -0.15) is 0 Å². The summed E-state index contributed by atoms with van der Waals surface area (Å²) in [6, 6.07) is 21.6. The molecule has 0 radical (unpaired) electrons. The molecule has 0 amide bonds. The molecule has 0 fully saturated rings. The molecule has 2 rings (SSSR count). The van der Waals surface area contributed by atoms with Crippen LogP contribution in [0.5, 0.6) is 0 Å². The first-order valence-corrected chi connectivity index (χ1v) is 10.8. The van der Waals surface area contributed by atoms with E-state index in [2.05, 4.69) is 85.1 Å². The van der Waals surface area contributed by atoms with Crippen LogP contribution in [0.3, 0.4) is 0 Å². The van der Waals surface area contributed by atoms with Crippen molar-refractivity contribution in [3.05, 3.63) is 71.8 Å². The van der Waals surface area contributed by atoms with Crippen molar-refractivity contribution in [1.82, 2.24) is 10.6 Å². The molecule has 2 nitrogen and oxygen atoms in total. The lowest BCUT2D eigenvalue weighted by Gasteiger charge is -2.13. The second-order valence-corrected chi connectivity index (χ2v) is 7.80. The fraction of sp³-hybridized carbons (Fsp3) is 0.520. The summed E-state index contributed by atoms with van der Waals surface area (Å²) in [5.74, 6) is 1.19. The third kappa shape index (κ3) is 9.21. The summed E-state index contributed by atoms with van der Waals surface area (Å²) in [6.07, 6.45) is 6.62. The van der Waals surface area contributed by atoms with Crippen molar-refractivity contribution in [2.75, 3.05) is 26.2 Å². The van der Waals surface area contributed by atoms with Gasteiger partial charge in [0.25, 0.3) is 0 Å². The minimum Gasteiger partial charge on any atom is -0.316 e. The van der Waals surface area contributed by atoms with Crippen LogP contribution in [0.15, 0.2) is 60.7 Å². The van der Waals surface area contributed by atoms with E-state index in [1.807, 2.05) is 0 Å². The number of hydrogen-bond acceptors (Lipinski definition) is 2. The van der Waals surface area contributed by atoms with Crippen LogP contribution >= 0.6 is 0 Å². The number of hydrogen-bond donors (Lipinski definition) is 2. The van der Waals surface area contributed by atoms with Crippen molar-refractivity contribution in [3.8, 4) is 0 Å². The largest absolute Gasteiger partial charge is 0.316 e. The van der Waals surface area contributed by atoms with Crippen LogP contribution in [0.25, 0.3) is 0 Å². The van der Waals surface area contributed by atoms with Gasteiger partial charge in [0, 0.05) is 13.1 Å². The Bertz CT molecular complexity index is 528. The van der Waals surface area contributed by atoms with Gasteiger partial charge >= 0.3 is 0 Å². The van der Waals surface area contributed by atoms with Crippen LogP contribution in [-0.2, 0) is 0 Å². The maximum atomic E-state index is 3.61. The normalized spacial score (nSPS) is 13.4. The third-order valence-electron chi connectivity index (χ3n) is 5.35. The Kier molecular flexibility index (Phi) is 10.8. The van der Waals surface area contributed by atoms with Crippen molar-refractivity contribution in [3.63, 3.8) is 0 Å². The van der Waals surface area contributed by atoms with Crippen molar-refractivity contribution in [2.45, 2.75) is 57.8 Å². The number of unbranched alkanes of at least 4 members (excludes halogenated alkanes) is 4. The van der Waals surface area contributed by atoms with Crippen LogP contribution < -0.4 is 10.6 Å². The molecule has 0 saturated carbocycles. The zero-order chi connectivity index (χ0) is 19.2. The van der Waals surface area contributed by atoms with Gasteiger partial charge in [0.05, 0.1) is 0 Å². The molecule has 2 N–H and O–H groups in total. The summed E-state index contributed by atoms with van der Waals surface area (Å²) in [5.41, 5.74) is 2.86. The predicted octanol–water partition coefficient (Wildman–Crippen LogP) is 5.72. The van der Waals surface area contributed by atoms with E-state index < -0.39 is 0 Å². The van der Waals surface area contributed by atoms with Gasteiger partial charge < -0.3 is 10.6 Å². The Morgan fingerprint density at radius 1 is 0.556 bits per heavy atom. The van der Waals surface area contributed by atoms with Gasteiger partial charge in [-0.05, 0) is 48.9 Å². The standard InChI is InChI=1S/C25H38N2/c1-22(24-14-8-6-9-15-24)20-26-18-12-4-3-5-13-19-27-21-23(2)25-16-10-7-11-17-25/h6-11,14-17,22-23,26-27H,3-5,12-13,18-21H2,1-2H3/t22-,23+. The number of rotatable bonds is 14. The molecule has 2 aromatic carbocycles. The first kappa shape index (κ1) is 21.7. The van der Waals surface area contributed by atoms with Crippen molar-refractivity contribution in [1.29, 1.82) is 0 Å². The zero-order valence-electron chi connectivity index (χ0n) is 17.3. The topological polar surface area (TPSA) is 24.1 Å². The highest BCUT2D eigenvalue weighted by Gasteiger charge is 2.04. The second-order valence-electron chi connectivity index (χ2n) is 7.80. The average molecular weight is 367 g/mol. The summed E-state index contributed by atoms with van der Waals surface area (Å²) in [6.45, 7) is 9.04. The van der Waals surface area contributed by atoms with Crippen molar-refractivity contribution >= 4 is 0 Å². The molecule has 2 heteroatoms. The van der Waals surface area contributed by atoms with Crippen LogP contribution in [0, 0.1) is 0 Å². The van der Waals surface area contributed by atoms with Gasteiger partial charge in [-0.3, -0.25) is 0 Å². The van der Waals surface area contributed by atoms with E-state index in [1.165, 1.54) is 43.2 Å². The lowest BCUT2D eigenvalue weighted by molar-refractivity contribution is 0.536. The molecule has 0 unspecified atom stereocenters. The van der Waals surface area contributed by atoms with Crippen molar-refractivity contribution < 1.29 is 0 Å². The highest BCUT2D eigenvalue weighted by atomic mass is 14.9. The molecular formula is C25H38N2. The fourth-order valence-electron chi connectivity index (χ4n) is 3.47. The number of benzene rings is 2. The lowest BCUT2D eigenvalue weighted by Crippen LogP contribution is -2.21. The molecular weight excluding hydrogens is 328 g/mol.